The molecule has 214 valence electrons. The first-order valence-electron chi connectivity index (χ1n) is 15.4. The van der Waals surface area contributed by atoms with Gasteiger partial charge in [-0.2, -0.15) is 0 Å². The van der Waals surface area contributed by atoms with E-state index in [-0.39, 0.29) is 29.7 Å². The Morgan fingerprint density at radius 2 is 1.63 bits per heavy atom. The molecule has 0 aromatic heterocycles. The fraction of sp³-hybridized carbons (Fsp3) is 0.727. The maximum absolute atomic E-state index is 12.0. The van der Waals surface area contributed by atoms with Gasteiger partial charge in [-0.25, -0.2) is 0 Å². The molecule has 1 aliphatic carbocycles. The van der Waals surface area contributed by atoms with E-state index < -0.39 is 18.4 Å². The molecular formula is C33H54O4Sn. The molecule has 38 heavy (non-hydrogen) atoms. The Balaban J connectivity index is 1.74. The van der Waals surface area contributed by atoms with E-state index in [1.807, 2.05) is 12.1 Å². The number of hydrogen-bond acceptors (Lipinski definition) is 4. The second-order valence-electron chi connectivity index (χ2n) is 12.3. The number of epoxide rings is 1. The number of hydrogen-bond donors (Lipinski definition) is 0. The van der Waals surface area contributed by atoms with Crippen LogP contribution in [-0.2, 0) is 14.3 Å². The molecule has 1 aromatic rings. The number of esters is 1. The molecule has 2 fully saturated rings. The molecule has 2 unspecified atom stereocenters. The van der Waals surface area contributed by atoms with E-state index in [2.05, 4.69) is 52.0 Å². The van der Waals surface area contributed by atoms with E-state index in [1.165, 1.54) is 48.5 Å². The summed E-state index contributed by atoms with van der Waals surface area (Å²) in [7, 11) is 1.69. The van der Waals surface area contributed by atoms with Crippen molar-refractivity contribution in [2.75, 3.05) is 7.11 Å². The van der Waals surface area contributed by atoms with E-state index in [0.29, 0.717) is 5.92 Å². The number of allylic oxidation sites excluding steroid dienone is 2. The first-order valence-corrected chi connectivity index (χ1v) is 23.5. The molecule has 1 saturated carbocycles. The Labute approximate surface area is 237 Å². The van der Waals surface area contributed by atoms with Crippen LogP contribution in [0.25, 0.3) is 0 Å². The zero-order valence-corrected chi connectivity index (χ0v) is 28.0. The van der Waals surface area contributed by atoms with Gasteiger partial charge in [0.15, 0.2) is 0 Å². The number of ether oxygens (including phenoxy) is 3. The molecule has 1 aromatic carbocycles. The van der Waals surface area contributed by atoms with Crippen molar-refractivity contribution in [1.82, 2.24) is 0 Å². The molecule has 4 nitrogen and oxygen atoms in total. The van der Waals surface area contributed by atoms with Gasteiger partial charge in [0.05, 0.1) is 7.11 Å². The third-order valence-corrected chi connectivity index (χ3v) is 24.7. The average Bonchev–Trinajstić information content (AvgIpc) is 3.61. The van der Waals surface area contributed by atoms with Crippen molar-refractivity contribution in [2.45, 2.75) is 128 Å². The van der Waals surface area contributed by atoms with E-state index >= 15 is 0 Å². The van der Waals surface area contributed by atoms with Gasteiger partial charge in [0, 0.05) is 0 Å². The number of carbonyl (C=O) groups is 1. The molecule has 0 radical (unpaired) electrons. The fourth-order valence-corrected chi connectivity index (χ4v) is 22.0. The van der Waals surface area contributed by atoms with Gasteiger partial charge >= 0.3 is 226 Å². The van der Waals surface area contributed by atoms with Crippen molar-refractivity contribution in [2.24, 2.45) is 11.3 Å². The van der Waals surface area contributed by atoms with Crippen molar-refractivity contribution >= 4 is 24.3 Å². The first-order chi connectivity index (χ1) is 18.3. The summed E-state index contributed by atoms with van der Waals surface area (Å²) in [6.07, 6.45) is 16.6. The van der Waals surface area contributed by atoms with Crippen LogP contribution in [0, 0.1) is 11.3 Å². The summed E-state index contributed by atoms with van der Waals surface area (Å²) in [5, 5.41) is 0. The minimum atomic E-state index is -2.20. The summed E-state index contributed by atoms with van der Waals surface area (Å²) >= 11 is -2.20. The summed E-state index contributed by atoms with van der Waals surface area (Å²) in [6.45, 7) is 11.0. The van der Waals surface area contributed by atoms with Gasteiger partial charge in [-0.1, -0.05) is 0 Å². The molecule has 3 rings (SSSR count). The molecule has 0 amide bonds. The number of methoxy groups -OCH3 is 1. The second kappa shape index (κ2) is 15.1. The predicted octanol–water partition coefficient (Wildman–Crippen LogP) is 9.28. The van der Waals surface area contributed by atoms with Gasteiger partial charge in [0.2, 0.25) is 0 Å². The molecule has 0 bridgehead atoms. The zero-order valence-electron chi connectivity index (χ0n) is 25.1. The van der Waals surface area contributed by atoms with E-state index in [0.717, 1.165) is 25.0 Å². The number of benzene rings is 1. The van der Waals surface area contributed by atoms with Crippen molar-refractivity contribution in [3.05, 3.63) is 42.0 Å². The Morgan fingerprint density at radius 1 is 1.03 bits per heavy atom. The van der Waals surface area contributed by atoms with Crippen LogP contribution in [0.4, 0.5) is 0 Å². The van der Waals surface area contributed by atoms with E-state index in [1.54, 1.807) is 27.3 Å². The average molecular weight is 634 g/mol. The fourth-order valence-electron chi connectivity index (χ4n) is 6.86. The van der Waals surface area contributed by atoms with Gasteiger partial charge in [0.1, 0.15) is 0 Å². The van der Waals surface area contributed by atoms with Crippen LogP contribution in [0.2, 0.25) is 17.7 Å². The van der Waals surface area contributed by atoms with Crippen molar-refractivity contribution in [1.29, 1.82) is 0 Å². The predicted molar refractivity (Wildman–Crippen MR) is 160 cm³/mol. The topological polar surface area (TPSA) is 48.1 Å². The zero-order chi connectivity index (χ0) is 27.6. The molecular weight excluding hydrogens is 579 g/mol. The third kappa shape index (κ3) is 8.49. The maximum atomic E-state index is 12.0. The normalized spacial score (nSPS) is 27.1. The van der Waals surface area contributed by atoms with E-state index in [9.17, 15) is 4.79 Å². The molecule has 1 aliphatic heterocycles. The first kappa shape index (κ1) is 31.5. The number of rotatable bonds is 17. The van der Waals surface area contributed by atoms with Gasteiger partial charge in [-0.05, 0) is 0 Å². The van der Waals surface area contributed by atoms with Crippen LogP contribution < -0.4 is 4.74 Å². The summed E-state index contributed by atoms with van der Waals surface area (Å²) < 4.78 is 23.5. The van der Waals surface area contributed by atoms with Crippen molar-refractivity contribution in [3.8, 4) is 5.75 Å². The Bertz CT molecular complexity index is 860. The van der Waals surface area contributed by atoms with Crippen LogP contribution in [-0.4, -0.2) is 43.7 Å². The minimum absolute atomic E-state index is 0.0380. The van der Waals surface area contributed by atoms with Gasteiger partial charge in [-0.15, -0.1) is 0 Å². The summed E-state index contributed by atoms with van der Waals surface area (Å²) in [5.41, 5.74) is 1.11. The molecule has 1 saturated heterocycles. The van der Waals surface area contributed by atoms with Gasteiger partial charge in [-0.3, -0.25) is 0 Å². The van der Waals surface area contributed by atoms with Crippen molar-refractivity contribution < 1.29 is 19.0 Å². The van der Waals surface area contributed by atoms with Crippen LogP contribution in [0.3, 0.4) is 0 Å². The Kier molecular flexibility index (Phi) is 12.5. The Morgan fingerprint density at radius 3 is 2.16 bits per heavy atom. The molecule has 1 heterocycles. The van der Waals surface area contributed by atoms with Crippen molar-refractivity contribution in [3.63, 3.8) is 0 Å². The van der Waals surface area contributed by atoms with Crippen LogP contribution in [0.1, 0.15) is 104 Å². The van der Waals surface area contributed by atoms with Crippen LogP contribution in [0.15, 0.2) is 36.4 Å². The SMILES string of the molecule is CCC[CH2][Sn]([CH2]/C=C/[C@@H]1CC[C@H](OC(C)=O)[C@@]1(C)CC1OC1c1ccc(OC)cc1)([CH2]CCC)[CH2]CCC. The standard InChI is InChI=1S/C21H27O4.3C4H9.Sn/c1-5-6-16-9-12-19(24-14(2)22)21(16,3)13-18-20(25-18)15-7-10-17(23-4)11-8-15;3*1-3-4-2;/h5-8,10-11,16,18-20H,1,9,12-13H2,2-4H3;3*1,3-4H2,2H3;/b6-5+;;;;/t16-,18?,19+,20?,21+;;;;/m1..../s1. The number of unbranched alkanes of at least 4 members (excludes halogenated alkanes) is 3. The summed E-state index contributed by atoms with van der Waals surface area (Å²) in [6, 6.07) is 8.23. The van der Waals surface area contributed by atoms with Gasteiger partial charge in [0.25, 0.3) is 0 Å². The second-order valence-corrected chi connectivity index (χ2v) is 26.3. The summed E-state index contributed by atoms with van der Waals surface area (Å²) in [4.78, 5) is 12.0. The Hall–Kier alpha value is -1.01. The summed E-state index contributed by atoms with van der Waals surface area (Å²) in [5.74, 6) is 1.13. The third-order valence-electron chi connectivity index (χ3n) is 9.40. The molecule has 0 spiro atoms. The monoisotopic (exact) mass is 634 g/mol. The quantitative estimate of drug-likeness (QED) is 0.0743. The van der Waals surface area contributed by atoms with Crippen LogP contribution >= 0.6 is 0 Å². The molecule has 0 N–H and O–H groups in total. The van der Waals surface area contributed by atoms with Gasteiger partial charge < -0.3 is 4.74 Å². The van der Waals surface area contributed by atoms with E-state index in [4.69, 9.17) is 14.2 Å². The van der Waals surface area contributed by atoms with Crippen LogP contribution in [0.5, 0.6) is 5.75 Å². The number of carbonyl (C=O) groups excluding carboxylic acids is 1. The molecule has 5 atom stereocenters. The molecule has 2 aliphatic rings. The molecule has 5 heteroatoms.